The first-order valence-electron chi connectivity index (χ1n) is 11.4. The van der Waals surface area contributed by atoms with Crippen molar-refractivity contribution in [3.63, 3.8) is 0 Å². The van der Waals surface area contributed by atoms with Crippen LogP contribution >= 0.6 is 0 Å². The molecule has 174 valence electrons. The number of amides is 2. The standard InChI is InChI=1S/C26H26N4O4/c27-25(31)18-14-20(16-28-15-18)34-24-9-8-21-22(24)2-1-3-23(21)29-26(32)17-4-6-19(7-5-17)30-10-12-33-13-11-30/h1-7,14-16,24H,8-13H2,(H2,27,31)(H,29,32). The second-order valence-electron chi connectivity index (χ2n) is 8.39. The van der Waals surface area contributed by atoms with Crippen LogP contribution in [-0.4, -0.2) is 43.1 Å². The van der Waals surface area contributed by atoms with Crippen LogP contribution in [0.5, 0.6) is 5.75 Å². The van der Waals surface area contributed by atoms with Gasteiger partial charge >= 0.3 is 0 Å². The number of aromatic nitrogens is 1. The van der Waals surface area contributed by atoms with Gasteiger partial charge in [0.25, 0.3) is 5.91 Å². The van der Waals surface area contributed by atoms with Crippen LogP contribution in [0, 0.1) is 0 Å². The van der Waals surface area contributed by atoms with Crippen LogP contribution in [0.3, 0.4) is 0 Å². The average Bonchev–Trinajstić information content (AvgIpc) is 3.28. The molecule has 1 unspecified atom stereocenters. The number of hydrogen-bond donors (Lipinski definition) is 2. The highest BCUT2D eigenvalue weighted by Crippen LogP contribution is 2.38. The molecule has 34 heavy (non-hydrogen) atoms. The van der Waals surface area contributed by atoms with Crippen molar-refractivity contribution in [2.24, 2.45) is 5.73 Å². The molecular weight excluding hydrogens is 432 g/mol. The summed E-state index contributed by atoms with van der Waals surface area (Å²) in [5, 5.41) is 3.06. The number of benzene rings is 2. The molecule has 1 aliphatic carbocycles. The lowest BCUT2D eigenvalue weighted by molar-refractivity contribution is 0.0996. The lowest BCUT2D eigenvalue weighted by Crippen LogP contribution is -2.36. The van der Waals surface area contributed by atoms with Crippen molar-refractivity contribution in [1.82, 2.24) is 4.98 Å². The molecule has 1 saturated heterocycles. The average molecular weight is 459 g/mol. The zero-order valence-corrected chi connectivity index (χ0v) is 18.7. The SMILES string of the molecule is NC(=O)c1cncc(OC2CCc3c(NC(=O)c4ccc(N5CCOCC5)cc4)cccc32)c1. The van der Waals surface area contributed by atoms with Gasteiger partial charge in [-0.15, -0.1) is 0 Å². The monoisotopic (exact) mass is 458 g/mol. The molecule has 0 radical (unpaired) electrons. The fourth-order valence-corrected chi connectivity index (χ4v) is 4.48. The minimum absolute atomic E-state index is 0.148. The Morgan fingerprint density at radius 3 is 2.62 bits per heavy atom. The van der Waals surface area contributed by atoms with Gasteiger partial charge in [-0.3, -0.25) is 14.6 Å². The van der Waals surface area contributed by atoms with Crippen molar-refractivity contribution in [3.8, 4) is 5.75 Å². The van der Waals surface area contributed by atoms with E-state index in [1.165, 1.54) is 6.20 Å². The zero-order valence-electron chi connectivity index (χ0n) is 18.7. The topological polar surface area (TPSA) is 107 Å². The van der Waals surface area contributed by atoms with Crippen molar-refractivity contribution in [2.75, 3.05) is 36.5 Å². The molecule has 0 spiro atoms. The van der Waals surface area contributed by atoms with Gasteiger partial charge in [-0.05, 0) is 60.4 Å². The molecule has 5 rings (SSSR count). The van der Waals surface area contributed by atoms with Gasteiger partial charge in [-0.2, -0.15) is 0 Å². The predicted octanol–water partition coefficient (Wildman–Crippen LogP) is 3.34. The smallest absolute Gasteiger partial charge is 0.255 e. The molecule has 1 fully saturated rings. The molecule has 2 aromatic carbocycles. The third kappa shape index (κ3) is 4.58. The number of fused-ring (bicyclic) bond motifs is 1. The summed E-state index contributed by atoms with van der Waals surface area (Å²) < 4.78 is 11.5. The molecule has 2 aliphatic rings. The van der Waals surface area contributed by atoms with E-state index >= 15 is 0 Å². The van der Waals surface area contributed by atoms with Crippen LogP contribution in [0.1, 0.15) is 44.4 Å². The van der Waals surface area contributed by atoms with E-state index in [1.54, 1.807) is 12.3 Å². The summed E-state index contributed by atoms with van der Waals surface area (Å²) in [7, 11) is 0. The predicted molar refractivity (Wildman–Crippen MR) is 128 cm³/mol. The Hall–Kier alpha value is -3.91. The minimum Gasteiger partial charge on any atom is -0.484 e. The van der Waals surface area contributed by atoms with E-state index < -0.39 is 5.91 Å². The first-order chi connectivity index (χ1) is 16.6. The number of carbonyl (C=O) groups excluding carboxylic acids is 2. The number of rotatable bonds is 6. The van der Waals surface area contributed by atoms with Crippen molar-refractivity contribution in [1.29, 1.82) is 0 Å². The highest BCUT2D eigenvalue weighted by atomic mass is 16.5. The number of nitrogens with zero attached hydrogens (tertiary/aromatic N) is 2. The number of anilines is 2. The number of nitrogens with one attached hydrogen (secondary N) is 1. The summed E-state index contributed by atoms with van der Waals surface area (Å²) in [6, 6.07) is 15.1. The van der Waals surface area contributed by atoms with Crippen molar-refractivity contribution in [2.45, 2.75) is 18.9 Å². The first-order valence-corrected chi connectivity index (χ1v) is 11.4. The molecule has 0 saturated carbocycles. The summed E-state index contributed by atoms with van der Waals surface area (Å²) in [5.74, 6) is -0.207. The largest absolute Gasteiger partial charge is 0.484 e. The maximum atomic E-state index is 12.9. The van der Waals surface area contributed by atoms with Crippen LogP contribution in [-0.2, 0) is 11.2 Å². The number of primary amides is 1. The summed E-state index contributed by atoms with van der Waals surface area (Å²) in [6.07, 6.45) is 4.33. The van der Waals surface area contributed by atoms with Crippen LogP contribution in [0.2, 0.25) is 0 Å². The van der Waals surface area contributed by atoms with Gasteiger partial charge in [0, 0.05) is 36.2 Å². The number of pyridine rings is 1. The number of nitrogens with two attached hydrogens (primary N) is 1. The second kappa shape index (κ2) is 9.52. The van der Waals surface area contributed by atoms with E-state index in [4.69, 9.17) is 15.2 Å². The summed E-state index contributed by atoms with van der Waals surface area (Å²) >= 11 is 0. The van der Waals surface area contributed by atoms with Crippen LogP contribution in [0.15, 0.2) is 60.9 Å². The molecule has 2 amide bonds. The van der Waals surface area contributed by atoms with Gasteiger partial charge in [-0.1, -0.05) is 12.1 Å². The minimum atomic E-state index is -0.548. The number of ether oxygens (including phenoxy) is 2. The maximum Gasteiger partial charge on any atom is 0.255 e. The third-order valence-electron chi connectivity index (χ3n) is 6.25. The van der Waals surface area contributed by atoms with E-state index in [-0.39, 0.29) is 12.0 Å². The molecule has 1 aromatic heterocycles. The molecular formula is C26H26N4O4. The molecule has 3 N–H and O–H groups in total. The van der Waals surface area contributed by atoms with Gasteiger partial charge < -0.3 is 25.4 Å². The molecule has 1 aliphatic heterocycles. The van der Waals surface area contributed by atoms with Crippen LogP contribution in [0.4, 0.5) is 11.4 Å². The van der Waals surface area contributed by atoms with Crippen molar-refractivity contribution in [3.05, 3.63) is 83.2 Å². The van der Waals surface area contributed by atoms with Crippen molar-refractivity contribution >= 4 is 23.2 Å². The molecule has 2 heterocycles. The lowest BCUT2D eigenvalue weighted by atomic mass is 10.1. The first kappa shape index (κ1) is 21.9. The second-order valence-corrected chi connectivity index (χ2v) is 8.39. The van der Waals surface area contributed by atoms with Gasteiger partial charge in [0.05, 0.1) is 25.0 Å². The van der Waals surface area contributed by atoms with Crippen LogP contribution in [0.25, 0.3) is 0 Å². The van der Waals surface area contributed by atoms with Gasteiger partial charge in [-0.25, -0.2) is 0 Å². The summed E-state index contributed by atoms with van der Waals surface area (Å²) in [4.78, 5) is 30.7. The Morgan fingerprint density at radius 1 is 1.06 bits per heavy atom. The highest BCUT2D eigenvalue weighted by Gasteiger charge is 2.27. The fourth-order valence-electron chi connectivity index (χ4n) is 4.48. The zero-order chi connectivity index (χ0) is 23.5. The van der Waals surface area contributed by atoms with Crippen molar-refractivity contribution < 1.29 is 19.1 Å². The Labute approximate surface area is 197 Å². The van der Waals surface area contributed by atoms with Crippen LogP contribution < -0.4 is 20.7 Å². The number of hydrogen-bond acceptors (Lipinski definition) is 6. The number of morpholine rings is 1. The summed E-state index contributed by atoms with van der Waals surface area (Å²) in [5.41, 5.74) is 10.2. The molecule has 0 bridgehead atoms. The van der Waals surface area contributed by atoms with Gasteiger partial charge in [0.2, 0.25) is 5.91 Å². The normalized spacial score (nSPS) is 17.2. The Kier molecular flexibility index (Phi) is 6.14. The number of carbonyl (C=O) groups is 2. The molecule has 1 atom stereocenters. The fraction of sp³-hybridized carbons (Fsp3) is 0.269. The maximum absolute atomic E-state index is 12.9. The quantitative estimate of drug-likeness (QED) is 0.587. The van der Waals surface area contributed by atoms with E-state index in [0.29, 0.717) is 16.9 Å². The van der Waals surface area contributed by atoms with Gasteiger partial charge in [0.15, 0.2) is 0 Å². The highest BCUT2D eigenvalue weighted by molar-refractivity contribution is 6.05. The summed E-state index contributed by atoms with van der Waals surface area (Å²) in [6.45, 7) is 3.15. The Balaban J connectivity index is 1.29. The van der Waals surface area contributed by atoms with E-state index in [1.807, 2.05) is 42.5 Å². The molecule has 3 aromatic rings. The molecule has 8 heteroatoms. The van der Waals surface area contributed by atoms with E-state index in [9.17, 15) is 9.59 Å². The Morgan fingerprint density at radius 2 is 1.85 bits per heavy atom. The molecule has 8 nitrogen and oxygen atoms in total. The lowest BCUT2D eigenvalue weighted by Gasteiger charge is -2.28. The third-order valence-corrected chi connectivity index (χ3v) is 6.25. The Bertz CT molecular complexity index is 1210. The van der Waals surface area contributed by atoms with Gasteiger partial charge in [0.1, 0.15) is 11.9 Å². The van der Waals surface area contributed by atoms with E-state index in [2.05, 4.69) is 15.2 Å². The van der Waals surface area contributed by atoms with E-state index in [0.717, 1.165) is 61.6 Å².